The van der Waals surface area contributed by atoms with Crippen molar-refractivity contribution in [1.29, 1.82) is 0 Å². The summed E-state index contributed by atoms with van der Waals surface area (Å²) < 4.78 is 5.24. The minimum absolute atomic E-state index is 0.0536. The summed E-state index contributed by atoms with van der Waals surface area (Å²) in [6.45, 7) is 4.24. The maximum absolute atomic E-state index is 11.9. The molecule has 1 aromatic rings. The van der Waals surface area contributed by atoms with Gasteiger partial charge in [-0.15, -0.1) is 0 Å². The highest BCUT2D eigenvalue weighted by Crippen LogP contribution is 2.13. The van der Waals surface area contributed by atoms with Crippen molar-refractivity contribution in [1.82, 2.24) is 5.32 Å². The first-order valence-electron chi connectivity index (χ1n) is 6.98. The second kappa shape index (κ2) is 8.46. The SMILES string of the molecule is COC(C)(C)CC(=O)NCc1ccccc1C#CCCO. The van der Waals surface area contributed by atoms with Crippen LogP contribution in [0.25, 0.3) is 0 Å². The largest absolute Gasteiger partial charge is 0.395 e. The summed E-state index contributed by atoms with van der Waals surface area (Å²) in [5.41, 5.74) is 1.37. The van der Waals surface area contributed by atoms with Crippen LogP contribution in [-0.2, 0) is 16.1 Å². The molecule has 0 unspecified atom stereocenters. The zero-order chi connectivity index (χ0) is 15.7. The van der Waals surface area contributed by atoms with Gasteiger partial charge in [-0.3, -0.25) is 4.79 Å². The molecule has 1 rings (SSSR count). The van der Waals surface area contributed by atoms with Crippen LogP contribution < -0.4 is 5.32 Å². The monoisotopic (exact) mass is 289 g/mol. The van der Waals surface area contributed by atoms with Gasteiger partial charge in [0.2, 0.25) is 5.91 Å². The minimum atomic E-state index is -0.468. The summed E-state index contributed by atoms with van der Waals surface area (Å²) >= 11 is 0. The molecule has 21 heavy (non-hydrogen) atoms. The van der Waals surface area contributed by atoms with Crippen LogP contribution in [-0.4, -0.2) is 30.3 Å². The molecule has 1 aromatic carbocycles. The molecule has 0 spiro atoms. The first-order chi connectivity index (χ1) is 9.98. The summed E-state index contributed by atoms with van der Waals surface area (Å²) in [5, 5.41) is 11.6. The van der Waals surface area contributed by atoms with Gasteiger partial charge in [0.15, 0.2) is 0 Å². The molecule has 1 amide bonds. The number of carbonyl (C=O) groups excluding carboxylic acids is 1. The predicted octanol–water partition coefficient (Wildman–Crippen LogP) is 1.85. The Morgan fingerprint density at radius 1 is 1.38 bits per heavy atom. The van der Waals surface area contributed by atoms with Crippen LogP contribution in [0.5, 0.6) is 0 Å². The molecule has 0 saturated carbocycles. The molecule has 0 radical (unpaired) electrons. The van der Waals surface area contributed by atoms with Crippen LogP contribution in [0.1, 0.15) is 37.8 Å². The number of aliphatic hydroxyl groups is 1. The van der Waals surface area contributed by atoms with E-state index in [0.717, 1.165) is 11.1 Å². The van der Waals surface area contributed by atoms with Crippen molar-refractivity contribution < 1.29 is 14.6 Å². The molecule has 2 N–H and O–H groups in total. The normalized spacial score (nSPS) is 10.7. The molecule has 4 nitrogen and oxygen atoms in total. The van der Waals surface area contributed by atoms with Gasteiger partial charge in [0.25, 0.3) is 0 Å². The third-order valence-corrected chi connectivity index (χ3v) is 3.09. The molecule has 0 atom stereocenters. The number of aliphatic hydroxyl groups excluding tert-OH is 1. The van der Waals surface area contributed by atoms with Crippen LogP contribution >= 0.6 is 0 Å². The van der Waals surface area contributed by atoms with Gasteiger partial charge in [-0.2, -0.15) is 0 Å². The third kappa shape index (κ3) is 6.44. The van der Waals surface area contributed by atoms with Crippen LogP contribution in [0.4, 0.5) is 0 Å². The van der Waals surface area contributed by atoms with E-state index < -0.39 is 5.60 Å². The Morgan fingerprint density at radius 3 is 2.76 bits per heavy atom. The molecule has 0 fully saturated rings. The number of amides is 1. The number of rotatable bonds is 6. The molecule has 4 heteroatoms. The lowest BCUT2D eigenvalue weighted by Gasteiger charge is -2.22. The Balaban J connectivity index is 2.64. The van der Waals surface area contributed by atoms with Crippen LogP contribution in [0, 0.1) is 11.8 Å². The van der Waals surface area contributed by atoms with Gasteiger partial charge in [0, 0.05) is 25.6 Å². The van der Waals surface area contributed by atoms with Crippen molar-refractivity contribution in [2.24, 2.45) is 0 Å². The number of ether oxygens (including phenoxy) is 1. The zero-order valence-corrected chi connectivity index (χ0v) is 12.9. The fourth-order valence-electron chi connectivity index (χ4n) is 1.73. The van der Waals surface area contributed by atoms with Gasteiger partial charge >= 0.3 is 0 Å². The highest BCUT2D eigenvalue weighted by molar-refractivity contribution is 5.77. The maximum atomic E-state index is 11.9. The van der Waals surface area contributed by atoms with Gasteiger partial charge in [-0.1, -0.05) is 30.0 Å². The van der Waals surface area contributed by atoms with Crippen LogP contribution in [0.15, 0.2) is 24.3 Å². The van der Waals surface area contributed by atoms with Crippen molar-refractivity contribution >= 4 is 5.91 Å². The second-order valence-corrected chi connectivity index (χ2v) is 5.35. The quantitative estimate of drug-likeness (QED) is 0.786. The molecule has 0 aliphatic rings. The molecular formula is C17H23NO3. The Labute approximate surface area is 126 Å². The van der Waals surface area contributed by atoms with Crippen molar-refractivity contribution in [3.05, 3.63) is 35.4 Å². The molecule has 0 saturated heterocycles. The average Bonchev–Trinajstić information content (AvgIpc) is 2.46. The lowest BCUT2D eigenvalue weighted by molar-refractivity contribution is -0.126. The minimum Gasteiger partial charge on any atom is -0.395 e. The highest BCUT2D eigenvalue weighted by Gasteiger charge is 2.20. The van der Waals surface area contributed by atoms with Crippen molar-refractivity contribution in [2.45, 2.75) is 38.8 Å². The van der Waals surface area contributed by atoms with E-state index in [1.54, 1.807) is 7.11 Å². The van der Waals surface area contributed by atoms with E-state index >= 15 is 0 Å². The fraction of sp³-hybridized carbons (Fsp3) is 0.471. The summed E-state index contributed by atoms with van der Waals surface area (Å²) in [7, 11) is 1.60. The van der Waals surface area contributed by atoms with E-state index in [9.17, 15) is 4.79 Å². The molecule has 0 aliphatic carbocycles. The van der Waals surface area contributed by atoms with E-state index in [1.807, 2.05) is 38.1 Å². The predicted molar refractivity (Wildman–Crippen MR) is 82.6 cm³/mol. The van der Waals surface area contributed by atoms with Crippen molar-refractivity contribution in [2.75, 3.05) is 13.7 Å². The number of hydrogen-bond donors (Lipinski definition) is 2. The molecule has 0 bridgehead atoms. The maximum Gasteiger partial charge on any atom is 0.223 e. The lowest BCUT2D eigenvalue weighted by atomic mass is 10.0. The topological polar surface area (TPSA) is 58.6 Å². The van der Waals surface area contributed by atoms with E-state index in [-0.39, 0.29) is 12.5 Å². The summed E-state index contributed by atoms with van der Waals surface area (Å²) in [6.07, 6.45) is 0.755. The van der Waals surface area contributed by atoms with E-state index in [4.69, 9.17) is 9.84 Å². The van der Waals surface area contributed by atoms with Gasteiger partial charge in [-0.05, 0) is 25.5 Å². The first kappa shape index (κ1) is 17.2. The number of hydrogen-bond acceptors (Lipinski definition) is 3. The van der Waals surface area contributed by atoms with Crippen molar-refractivity contribution in [3.8, 4) is 11.8 Å². The summed E-state index contributed by atoms with van der Waals surface area (Å²) in [5.74, 6) is 5.85. The van der Waals surface area contributed by atoms with Crippen LogP contribution in [0.3, 0.4) is 0 Å². The van der Waals surface area contributed by atoms with Gasteiger partial charge in [-0.25, -0.2) is 0 Å². The number of carbonyl (C=O) groups is 1. The molecule has 0 heterocycles. The number of nitrogens with one attached hydrogen (secondary N) is 1. The van der Waals surface area contributed by atoms with Gasteiger partial charge in [0.1, 0.15) is 0 Å². The lowest BCUT2D eigenvalue weighted by Crippen LogP contribution is -2.33. The molecule has 0 aromatic heterocycles. The highest BCUT2D eigenvalue weighted by atomic mass is 16.5. The average molecular weight is 289 g/mol. The van der Waals surface area contributed by atoms with Gasteiger partial charge in [0.05, 0.1) is 18.6 Å². The molecular weight excluding hydrogens is 266 g/mol. The van der Waals surface area contributed by atoms with E-state index in [2.05, 4.69) is 17.2 Å². The Morgan fingerprint density at radius 2 is 2.10 bits per heavy atom. The first-order valence-corrected chi connectivity index (χ1v) is 6.98. The Bertz CT molecular complexity index is 526. The Hall–Kier alpha value is -1.83. The zero-order valence-electron chi connectivity index (χ0n) is 12.9. The summed E-state index contributed by atoms with van der Waals surface area (Å²) in [4.78, 5) is 11.9. The standard InChI is InChI=1S/C17H23NO3/c1-17(2,21-3)12-16(20)18-13-15-10-5-4-8-14(15)9-6-7-11-19/h4-5,8,10,19H,7,11-13H2,1-3H3,(H,18,20). The van der Waals surface area contributed by atoms with Crippen LogP contribution in [0.2, 0.25) is 0 Å². The smallest absolute Gasteiger partial charge is 0.223 e. The van der Waals surface area contributed by atoms with Crippen molar-refractivity contribution in [3.63, 3.8) is 0 Å². The van der Waals surface area contributed by atoms with Gasteiger partial charge < -0.3 is 15.2 Å². The second-order valence-electron chi connectivity index (χ2n) is 5.35. The fourth-order valence-corrected chi connectivity index (χ4v) is 1.73. The van der Waals surface area contributed by atoms with E-state index in [1.165, 1.54) is 0 Å². The molecule has 0 aliphatic heterocycles. The number of methoxy groups -OCH3 is 1. The Kier molecular flexibility index (Phi) is 6.93. The van der Waals surface area contributed by atoms with E-state index in [0.29, 0.717) is 19.4 Å². The third-order valence-electron chi connectivity index (χ3n) is 3.09. The summed E-state index contributed by atoms with van der Waals surface area (Å²) in [6, 6.07) is 7.66. The number of benzene rings is 1. The molecule has 114 valence electrons.